The summed E-state index contributed by atoms with van der Waals surface area (Å²) in [7, 11) is 2.96. The third kappa shape index (κ3) is 6.46. The summed E-state index contributed by atoms with van der Waals surface area (Å²) in [5.41, 5.74) is 5.57. The maximum Gasteiger partial charge on any atom is 0.422 e. The van der Waals surface area contributed by atoms with Crippen LogP contribution in [0.2, 0.25) is 0 Å². The molecule has 0 unspecified atom stereocenters. The minimum Gasteiger partial charge on any atom is -0.493 e. The van der Waals surface area contributed by atoms with Gasteiger partial charge in [0.25, 0.3) is 5.91 Å². The molecule has 2 aromatic heterocycles. The lowest BCUT2D eigenvalue weighted by Gasteiger charge is -2.13. The van der Waals surface area contributed by atoms with E-state index < -0.39 is 36.0 Å². The second kappa shape index (κ2) is 11.4. The third-order valence-electron chi connectivity index (χ3n) is 5.31. The SMILES string of the molecule is COc1cc2nccc(Oc3ccc(NC(=O)c4nn(CCN)cc4OCC(F)(F)F)cc3F)c2cc1OC. The first-order chi connectivity index (χ1) is 18.6. The smallest absolute Gasteiger partial charge is 0.422 e. The predicted octanol–water partition coefficient (Wildman–Crippen LogP) is 4.53. The number of pyridine rings is 1. The summed E-state index contributed by atoms with van der Waals surface area (Å²) in [5, 5.41) is 6.87. The van der Waals surface area contributed by atoms with Gasteiger partial charge in [-0.15, -0.1) is 0 Å². The number of benzene rings is 2. The summed E-state index contributed by atoms with van der Waals surface area (Å²) in [4.78, 5) is 17.0. The Morgan fingerprint density at radius 3 is 2.44 bits per heavy atom. The van der Waals surface area contributed by atoms with Gasteiger partial charge in [0.05, 0.1) is 32.5 Å². The van der Waals surface area contributed by atoms with Crippen molar-refractivity contribution in [2.75, 3.05) is 32.7 Å². The van der Waals surface area contributed by atoms with Crippen LogP contribution in [0.1, 0.15) is 10.5 Å². The molecule has 4 rings (SSSR count). The lowest BCUT2D eigenvalue weighted by atomic mass is 10.2. The summed E-state index contributed by atoms with van der Waals surface area (Å²) < 4.78 is 75.2. The standard InChI is InChI=1S/C25H23F4N5O5/c1-36-20-10-15-17(11-21(20)37-2)31-7-5-18(15)39-19-4-3-14(9-16(19)26)32-24(35)23-22(38-13-25(27,28)29)12-34(33-23)8-6-30/h3-5,7,9-12H,6,8,13,30H2,1-2H3,(H,32,35). The second-order valence-electron chi connectivity index (χ2n) is 8.03. The molecular weight excluding hydrogens is 526 g/mol. The van der Waals surface area contributed by atoms with Crippen molar-refractivity contribution in [3.63, 3.8) is 0 Å². The van der Waals surface area contributed by atoms with Crippen LogP contribution in [0.5, 0.6) is 28.7 Å². The average Bonchev–Trinajstić information content (AvgIpc) is 3.31. The number of ether oxygens (including phenoxy) is 4. The highest BCUT2D eigenvalue weighted by Gasteiger charge is 2.30. The number of hydrogen-bond donors (Lipinski definition) is 2. The molecule has 14 heteroatoms. The number of carbonyl (C=O) groups is 1. The number of halogens is 4. The average molecular weight is 549 g/mol. The molecule has 3 N–H and O–H groups in total. The third-order valence-corrected chi connectivity index (χ3v) is 5.31. The largest absolute Gasteiger partial charge is 0.493 e. The van der Waals surface area contributed by atoms with E-state index in [-0.39, 0.29) is 30.3 Å². The van der Waals surface area contributed by atoms with Crippen molar-refractivity contribution in [1.82, 2.24) is 14.8 Å². The molecule has 10 nitrogen and oxygen atoms in total. The molecular formula is C25H23F4N5O5. The minimum absolute atomic E-state index is 0.00554. The number of hydrogen-bond acceptors (Lipinski definition) is 8. The molecule has 0 fully saturated rings. The molecule has 206 valence electrons. The maximum atomic E-state index is 15.0. The number of alkyl halides is 3. The van der Waals surface area contributed by atoms with Crippen LogP contribution < -0.4 is 30.0 Å². The molecule has 0 spiro atoms. The van der Waals surface area contributed by atoms with Crippen LogP contribution in [-0.2, 0) is 6.54 Å². The Labute approximate surface area is 219 Å². The van der Waals surface area contributed by atoms with Gasteiger partial charge in [-0.05, 0) is 24.3 Å². The molecule has 0 atom stereocenters. The van der Waals surface area contributed by atoms with E-state index in [1.165, 1.54) is 37.2 Å². The van der Waals surface area contributed by atoms with Gasteiger partial charge in [0, 0.05) is 35.9 Å². The van der Waals surface area contributed by atoms with E-state index in [2.05, 4.69) is 15.4 Å². The highest BCUT2D eigenvalue weighted by Crippen LogP contribution is 2.37. The number of fused-ring (bicyclic) bond motifs is 1. The topological polar surface area (TPSA) is 123 Å². The van der Waals surface area contributed by atoms with Crippen molar-refractivity contribution in [1.29, 1.82) is 0 Å². The molecule has 0 saturated carbocycles. The highest BCUT2D eigenvalue weighted by molar-refractivity contribution is 6.04. The molecule has 2 aromatic carbocycles. The van der Waals surface area contributed by atoms with E-state index in [0.717, 1.165) is 12.3 Å². The highest BCUT2D eigenvalue weighted by atomic mass is 19.4. The number of amides is 1. The quantitative estimate of drug-likeness (QED) is 0.277. The first kappa shape index (κ1) is 27.4. The number of nitrogens with one attached hydrogen (secondary N) is 1. The lowest BCUT2D eigenvalue weighted by Crippen LogP contribution is -2.21. The molecule has 2 heterocycles. The fourth-order valence-electron chi connectivity index (χ4n) is 3.58. The first-order valence-corrected chi connectivity index (χ1v) is 11.4. The molecule has 0 aliphatic carbocycles. The molecule has 1 amide bonds. The van der Waals surface area contributed by atoms with Crippen LogP contribution in [0.3, 0.4) is 0 Å². The fourth-order valence-corrected chi connectivity index (χ4v) is 3.58. The number of carbonyl (C=O) groups excluding carboxylic acids is 1. The van der Waals surface area contributed by atoms with Crippen molar-refractivity contribution in [3.05, 3.63) is 60.3 Å². The van der Waals surface area contributed by atoms with Gasteiger partial charge in [-0.1, -0.05) is 0 Å². The number of anilines is 1. The zero-order valence-corrected chi connectivity index (χ0v) is 20.7. The Hall–Kier alpha value is -4.59. The van der Waals surface area contributed by atoms with Crippen molar-refractivity contribution >= 4 is 22.5 Å². The van der Waals surface area contributed by atoms with Crippen molar-refractivity contribution in [2.45, 2.75) is 12.7 Å². The Morgan fingerprint density at radius 2 is 1.77 bits per heavy atom. The fraction of sp³-hybridized carbons (Fsp3) is 0.240. The molecule has 0 bridgehead atoms. The first-order valence-electron chi connectivity index (χ1n) is 11.4. The van der Waals surface area contributed by atoms with E-state index in [0.29, 0.717) is 22.4 Å². The number of nitrogens with zero attached hydrogens (tertiary/aromatic N) is 3. The normalized spacial score (nSPS) is 11.4. The minimum atomic E-state index is -4.62. The number of aromatic nitrogens is 3. The number of rotatable bonds is 10. The summed E-state index contributed by atoms with van der Waals surface area (Å²) in [6.45, 7) is -1.36. The monoisotopic (exact) mass is 549 g/mol. The van der Waals surface area contributed by atoms with Gasteiger partial charge in [-0.3, -0.25) is 14.5 Å². The second-order valence-corrected chi connectivity index (χ2v) is 8.03. The lowest BCUT2D eigenvalue weighted by molar-refractivity contribution is -0.153. The van der Waals surface area contributed by atoms with Gasteiger partial charge in [0.15, 0.2) is 41.1 Å². The Kier molecular flexibility index (Phi) is 8.04. The zero-order valence-electron chi connectivity index (χ0n) is 20.7. The van der Waals surface area contributed by atoms with E-state index in [1.807, 2.05) is 0 Å². The van der Waals surface area contributed by atoms with E-state index >= 15 is 0 Å². The molecule has 39 heavy (non-hydrogen) atoms. The van der Waals surface area contributed by atoms with Crippen LogP contribution in [-0.4, -0.2) is 54.2 Å². The summed E-state index contributed by atoms with van der Waals surface area (Å²) in [5.74, 6) is -1.10. The van der Waals surface area contributed by atoms with Gasteiger partial charge in [0.1, 0.15) is 5.75 Å². The van der Waals surface area contributed by atoms with E-state index in [9.17, 15) is 22.4 Å². The van der Waals surface area contributed by atoms with Crippen molar-refractivity contribution < 1.29 is 41.3 Å². The maximum absolute atomic E-state index is 15.0. The van der Waals surface area contributed by atoms with Gasteiger partial charge in [-0.2, -0.15) is 18.3 Å². The van der Waals surface area contributed by atoms with Crippen LogP contribution in [0.4, 0.5) is 23.2 Å². The van der Waals surface area contributed by atoms with E-state index in [4.69, 9.17) is 24.7 Å². The molecule has 0 saturated heterocycles. The van der Waals surface area contributed by atoms with Gasteiger partial charge < -0.3 is 30.0 Å². The molecule has 0 radical (unpaired) electrons. The summed E-state index contributed by atoms with van der Waals surface area (Å²) in [6, 6.07) is 8.47. The number of nitrogens with two attached hydrogens (primary N) is 1. The summed E-state index contributed by atoms with van der Waals surface area (Å²) in [6.07, 6.45) is -2.01. The number of methoxy groups -OCH3 is 2. The zero-order chi connectivity index (χ0) is 28.2. The van der Waals surface area contributed by atoms with Gasteiger partial charge in [0.2, 0.25) is 0 Å². The molecule has 4 aromatic rings. The van der Waals surface area contributed by atoms with Crippen LogP contribution >= 0.6 is 0 Å². The predicted molar refractivity (Wildman–Crippen MR) is 132 cm³/mol. The molecule has 0 aliphatic heterocycles. The Morgan fingerprint density at radius 1 is 1.03 bits per heavy atom. The Bertz CT molecular complexity index is 1490. The van der Waals surface area contributed by atoms with Crippen molar-refractivity contribution in [3.8, 4) is 28.7 Å². The van der Waals surface area contributed by atoms with Crippen LogP contribution in [0, 0.1) is 5.82 Å². The van der Waals surface area contributed by atoms with Gasteiger partial charge >= 0.3 is 6.18 Å². The van der Waals surface area contributed by atoms with E-state index in [1.54, 1.807) is 18.2 Å². The Balaban J connectivity index is 1.55. The van der Waals surface area contributed by atoms with Crippen LogP contribution in [0.15, 0.2) is 48.8 Å². The molecule has 0 aliphatic rings. The van der Waals surface area contributed by atoms with Crippen LogP contribution in [0.25, 0.3) is 10.9 Å². The van der Waals surface area contributed by atoms with Crippen molar-refractivity contribution in [2.24, 2.45) is 5.73 Å². The van der Waals surface area contributed by atoms with Gasteiger partial charge in [-0.25, -0.2) is 4.39 Å². The summed E-state index contributed by atoms with van der Waals surface area (Å²) >= 11 is 0.